The minimum atomic E-state index is -0.511. The van der Waals surface area contributed by atoms with E-state index in [1.807, 2.05) is 17.8 Å². The third-order valence-corrected chi connectivity index (χ3v) is 6.28. The number of aryl methyl sites for hydroxylation is 1. The molecule has 1 aliphatic rings. The Labute approximate surface area is 178 Å². The number of nitrogens with one attached hydrogen (secondary N) is 1. The summed E-state index contributed by atoms with van der Waals surface area (Å²) in [6.07, 6.45) is 8.90. The minimum Gasteiger partial charge on any atom is -0.488 e. The van der Waals surface area contributed by atoms with Crippen molar-refractivity contribution < 1.29 is 9.13 Å². The Morgan fingerprint density at radius 2 is 2.07 bits per heavy atom. The van der Waals surface area contributed by atoms with Gasteiger partial charge < -0.3 is 9.46 Å². The van der Waals surface area contributed by atoms with Gasteiger partial charge in [-0.25, -0.2) is 14.4 Å². The summed E-state index contributed by atoms with van der Waals surface area (Å²) in [7, 11) is 1.93. The number of benzene rings is 1. The molecular weight excluding hydrogens is 413 g/mol. The molecule has 0 radical (unpaired) electrons. The molecule has 9 heteroatoms. The smallest absolute Gasteiger partial charge is 0.160 e. The molecule has 1 N–H and O–H groups in total. The molecule has 4 rings (SSSR count). The van der Waals surface area contributed by atoms with Gasteiger partial charge in [0, 0.05) is 31.1 Å². The van der Waals surface area contributed by atoms with Crippen molar-refractivity contribution in [1.82, 2.24) is 19.7 Å². The zero-order valence-electron chi connectivity index (χ0n) is 15.9. The molecule has 1 fully saturated rings. The quantitative estimate of drug-likeness (QED) is 0.537. The van der Waals surface area contributed by atoms with Gasteiger partial charge in [-0.05, 0) is 55.5 Å². The summed E-state index contributed by atoms with van der Waals surface area (Å²) in [5.41, 5.74) is 1.13. The molecule has 2 atom stereocenters. The number of rotatable bonds is 6. The zero-order chi connectivity index (χ0) is 20.2. The lowest BCUT2D eigenvalue weighted by atomic mass is 9.84. The van der Waals surface area contributed by atoms with E-state index >= 15 is 0 Å². The van der Waals surface area contributed by atoms with Gasteiger partial charge in [0.25, 0.3) is 0 Å². The van der Waals surface area contributed by atoms with Crippen molar-refractivity contribution in [3.63, 3.8) is 0 Å². The molecule has 2 heterocycles. The highest BCUT2D eigenvalue weighted by molar-refractivity contribution is 8.00. The van der Waals surface area contributed by atoms with Crippen molar-refractivity contribution in [2.24, 2.45) is 7.05 Å². The van der Waals surface area contributed by atoms with E-state index in [9.17, 15) is 4.39 Å². The van der Waals surface area contributed by atoms with E-state index < -0.39 is 5.82 Å². The zero-order valence-corrected chi connectivity index (χ0v) is 17.5. The van der Waals surface area contributed by atoms with Crippen LogP contribution in [0.2, 0.25) is 5.02 Å². The Morgan fingerprint density at radius 3 is 2.83 bits per heavy atom. The first-order valence-electron chi connectivity index (χ1n) is 9.45. The minimum absolute atomic E-state index is 0.00572. The van der Waals surface area contributed by atoms with E-state index in [0.717, 1.165) is 43.3 Å². The first-order chi connectivity index (χ1) is 14.1. The number of hydrogen-bond acceptors (Lipinski definition) is 6. The molecule has 0 spiro atoms. The molecule has 3 aromatic rings. The van der Waals surface area contributed by atoms with Gasteiger partial charge in [-0.3, -0.25) is 4.68 Å². The first kappa shape index (κ1) is 20.0. The standard InChI is InChI=1S/C20H21ClFN5OS/c1-27-14(8-11-25-27)13-4-2-3-5-15(13)28-16-6-7-17(20(22)19(16)21)29-26-18-9-10-23-12-24-18/h6-13,15H,2-5H2,1H3,(H,23,24,26)/t13?,15-/m0/s1. The van der Waals surface area contributed by atoms with Crippen molar-refractivity contribution in [2.75, 3.05) is 4.72 Å². The number of halogens is 2. The highest BCUT2D eigenvalue weighted by atomic mass is 35.5. The summed E-state index contributed by atoms with van der Waals surface area (Å²) in [5, 5.41) is 4.27. The molecular formula is C20H21ClFN5OS. The molecule has 1 aliphatic carbocycles. The molecule has 1 saturated carbocycles. The Bertz CT molecular complexity index is 971. The maximum atomic E-state index is 14.8. The van der Waals surface area contributed by atoms with Gasteiger partial charge in [0.15, 0.2) is 5.82 Å². The van der Waals surface area contributed by atoms with Crippen LogP contribution in [0.1, 0.15) is 37.3 Å². The average molecular weight is 434 g/mol. The number of ether oxygens (including phenoxy) is 1. The Hall–Kier alpha value is -2.32. The van der Waals surface area contributed by atoms with Crippen molar-refractivity contribution in [3.8, 4) is 5.75 Å². The van der Waals surface area contributed by atoms with E-state index in [1.54, 1.807) is 30.6 Å². The maximum Gasteiger partial charge on any atom is 0.160 e. The van der Waals surface area contributed by atoms with Gasteiger partial charge in [-0.2, -0.15) is 5.10 Å². The van der Waals surface area contributed by atoms with E-state index in [2.05, 4.69) is 19.8 Å². The largest absolute Gasteiger partial charge is 0.488 e. The fourth-order valence-electron chi connectivity index (χ4n) is 3.63. The monoisotopic (exact) mass is 433 g/mol. The normalized spacial score (nSPS) is 19.1. The Balaban J connectivity index is 1.49. The van der Waals surface area contributed by atoms with Crippen LogP contribution in [0, 0.1) is 5.82 Å². The molecule has 152 valence electrons. The molecule has 0 saturated heterocycles. The van der Waals surface area contributed by atoms with Crippen LogP contribution in [0.5, 0.6) is 5.75 Å². The molecule has 1 aromatic carbocycles. The highest BCUT2D eigenvalue weighted by Gasteiger charge is 2.31. The van der Waals surface area contributed by atoms with Crippen molar-refractivity contribution in [1.29, 1.82) is 0 Å². The summed E-state index contributed by atoms with van der Waals surface area (Å²) in [6.45, 7) is 0. The molecule has 0 amide bonds. The summed E-state index contributed by atoms with van der Waals surface area (Å²) in [5.74, 6) is 0.657. The van der Waals surface area contributed by atoms with Crippen LogP contribution in [0.25, 0.3) is 0 Å². The SMILES string of the molecule is Cn1nccc1C1CCCC[C@@H]1Oc1ccc(SNc2ccncn2)c(F)c1Cl. The maximum absolute atomic E-state index is 14.8. The van der Waals surface area contributed by atoms with E-state index in [4.69, 9.17) is 16.3 Å². The van der Waals surface area contributed by atoms with E-state index in [0.29, 0.717) is 16.5 Å². The average Bonchev–Trinajstić information content (AvgIpc) is 3.18. The summed E-state index contributed by atoms with van der Waals surface area (Å²) in [6, 6.07) is 7.11. The van der Waals surface area contributed by atoms with Crippen LogP contribution in [-0.2, 0) is 7.05 Å². The van der Waals surface area contributed by atoms with Gasteiger partial charge in [0.05, 0.1) is 4.90 Å². The lowest BCUT2D eigenvalue weighted by Gasteiger charge is -2.32. The summed E-state index contributed by atoms with van der Waals surface area (Å²) >= 11 is 7.42. The van der Waals surface area contributed by atoms with E-state index in [-0.39, 0.29) is 17.0 Å². The van der Waals surface area contributed by atoms with Crippen LogP contribution in [0.3, 0.4) is 0 Å². The number of aromatic nitrogens is 4. The lowest BCUT2D eigenvalue weighted by molar-refractivity contribution is 0.126. The molecule has 29 heavy (non-hydrogen) atoms. The molecule has 1 unspecified atom stereocenters. The Kier molecular flexibility index (Phi) is 6.20. The van der Waals surface area contributed by atoms with E-state index in [1.165, 1.54) is 6.33 Å². The second kappa shape index (κ2) is 9.00. The fraction of sp³-hybridized carbons (Fsp3) is 0.350. The van der Waals surface area contributed by atoms with Crippen molar-refractivity contribution >= 4 is 29.4 Å². The van der Waals surface area contributed by atoms with Crippen molar-refractivity contribution in [2.45, 2.75) is 42.6 Å². The second-order valence-electron chi connectivity index (χ2n) is 6.92. The van der Waals surface area contributed by atoms with Crippen LogP contribution in [-0.4, -0.2) is 25.9 Å². The van der Waals surface area contributed by atoms with Crippen LogP contribution >= 0.6 is 23.5 Å². The van der Waals surface area contributed by atoms with Gasteiger partial charge in [-0.1, -0.05) is 18.0 Å². The predicted molar refractivity (Wildman–Crippen MR) is 112 cm³/mol. The Morgan fingerprint density at radius 1 is 1.21 bits per heavy atom. The molecule has 2 aromatic heterocycles. The van der Waals surface area contributed by atoms with Gasteiger partial charge >= 0.3 is 0 Å². The topological polar surface area (TPSA) is 64.9 Å². The number of anilines is 1. The third-order valence-electron chi connectivity index (χ3n) is 5.08. The fourth-order valence-corrected chi connectivity index (χ4v) is 4.56. The molecule has 0 aliphatic heterocycles. The van der Waals surface area contributed by atoms with Gasteiger partial charge in [-0.15, -0.1) is 0 Å². The van der Waals surface area contributed by atoms with Crippen LogP contribution < -0.4 is 9.46 Å². The first-order valence-corrected chi connectivity index (χ1v) is 10.6. The van der Waals surface area contributed by atoms with Crippen LogP contribution in [0.4, 0.5) is 10.2 Å². The van der Waals surface area contributed by atoms with Gasteiger partial charge in [0.2, 0.25) is 0 Å². The molecule has 6 nitrogen and oxygen atoms in total. The predicted octanol–water partition coefficient (Wildman–Crippen LogP) is 5.23. The van der Waals surface area contributed by atoms with Gasteiger partial charge in [0.1, 0.15) is 29.0 Å². The lowest BCUT2D eigenvalue weighted by Crippen LogP contribution is -2.30. The third kappa shape index (κ3) is 4.48. The van der Waals surface area contributed by atoms with Crippen molar-refractivity contribution in [3.05, 3.63) is 59.5 Å². The number of nitrogens with zero attached hydrogens (tertiary/aromatic N) is 4. The highest BCUT2D eigenvalue weighted by Crippen LogP contribution is 2.39. The second-order valence-corrected chi connectivity index (χ2v) is 8.14. The summed E-state index contributed by atoms with van der Waals surface area (Å²) in [4.78, 5) is 8.27. The summed E-state index contributed by atoms with van der Waals surface area (Å²) < 4.78 is 25.9. The number of hydrogen-bond donors (Lipinski definition) is 1. The molecule has 0 bridgehead atoms. The van der Waals surface area contributed by atoms with Crippen LogP contribution in [0.15, 0.2) is 47.9 Å².